The van der Waals surface area contributed by atoms with E-state index in [9.17, 15) is 24.1 Å². The van der Waals surface area contributed by atoms with E-state index >= 15 is 8.78 Å². The van der Waals surface area contributed by atoms with Gasteiger partial charge in [-0.25, -0.2) is 9.36 Å². The lowest BCUT2D eigenvalue weighted by atomic mass is 9.97. The molecule has 2 aromatic rings. The second-order valence-electron chi connectivity index (χ2n) is 10.9. The van der Waals surface area contributed by atoms with Crippen molar-refractivity contribution in [1.29, 1.82) is 0 Å². The van der Waals surface area contributed by atoms with Crippen LogP contribution in [0.15, 0.2) is 47.4 Å². The maximum Gasteiger partial charge on any atom is 0.459 e. The van der Waals surface area contributed by atoms with Crippen molar-refractivity contribution >= 4 is 25.4 Å². The Morgan fingerprint density at radius 2 is 1.78 bits per heavy atom. The lowest BCUT2D eigenvalue weighted by Gasteiger charge is -2.25. The minimum atomic E-state index is -4.46. The largest absolute Gasteiger partial charge is 0.462 e. The Balaban J connectivity index is 1.77. The summed E-state index contributed by atoms with van der Waals surface area (Å²) in [5, 5.41) is 15.4. The molecule has 13 nitrogen and oxygen atoms in total. The number of ether oxygens (including phenoxy) is 2. The quantitative estimate of drug-likeness (QED) is 0.173. The molecule has 3 N–H and O–H groups in total. The summed E-state index contributed by atoms with van der Waals surface area (Å²) in [5.41, 5.74) is -1.16. The van der Waals surface area contributed by atoms with Crippen LogP contribution >= 0.6 is 7.75 Å². The summed E-state index contributed by atoms with van der Waals surface area (Å²) in [6.45, 7) is 7.59. The van der Waals surface area contributed by atoms with E-state index in [2.05, 4.69) is 15.4 Å². The monoisotopic (exact) mass is 658 g/mol. The molecule has 0 spiro atoms. The van der Waals surface area contributed by atoms with Crippen molar-refractivity contribution in [3.63, 3.8) is 0 Å². The van der Waals surface area contributed by atoms with Crippen LogP contribution in [0.1, 0.15) is 66.5 Å². The number of amides is 1. The van der Waals surface area contributed by atoms with E-state index in [-0.39, 0.29) is 23.4 Å². The molecule has 16 heteroatoms. The number of rotatable bonds is 16. The maximum atomic E-state index is 15.2. The first kappa shape index (κ1) is 36.2. The van der Waals surface area contributed by atoms with Crippen LogP contribution in [0.3, 0.4) is 0 Å². The first-order valence-electron chi connectivity index (χ1n) is 14.8. The van der Waals surface area contributed by atoms with Gasteiger partial charge in [0.2, 0.25) is 12.1 Å². The third-order valence-electron chi connectivity index (χ3n) is 6.79. The smallest absolute Gasteiger partial charge is 0.459 e. The Hall–Kier alpha value is -3.23. The number of anilines is 1. The number of nitrogens with zero attached hydrogens (tertiary/aromatic N) is 2. The number of para-hydroxylation sites is 1. The Morgan fingerprint density at radius 3 is 2.36 bits per heavy atom. The van der Waals surface area contributed by atoms with E-state index in [0.29, 0.717) is 17.4 Å². The van der Waals surface area contributed by atoms with Crippen molar-refractivity contribution in [2.45, 2.75) is 96.8 Å². The van der Waals surface area contributed by atoms with E-state index in [1.165, 1.54) is 25.1 Å². The second kappa shape index (κ2) is 15.9. The number of carbonyl (C=O) groups is 2. The van der Waals surface area contributed by atoms with Crippen molar-refractivity contribution in [1.82, 2.24) is 14.6 Å². The topological polar surface area (TPSA) is 167 Å². The summed E-state index contributed by atoms with van der Waals surface area (Å²) in [6, 6.07) is 7.73. The first-order chi connectivity index (χ1) is 21.2. The van der Waals surface area contributed by atoms with Crippen molar-refractivity contribution < 1.29 is 46.6 Å². The summed E-state index contributed by atoms with van der Waals surface area (Å²) in [7, 11) is -4.46. The number of aromatic nitrogens is 2. The fourth-order valence-electron chi connectivity index (χ4n) is 4.60. The van der Waals surface area contributed by atoms with Gasteiger partial charge in [-0.05, 0) is 51.8 Å². The van der Waals surface area contributed by atoms with Gasteiger partial charge in [0.05, 0.1) is 12.7 Å². The first-order valence-corrected chi connectivity index (χ1v) is 16.3. The SMILES string of the molecule is CCCC(CCC)C(=O)Nc1ccn([C@@H]2O[C@H](COP(=O)(N[C@H](C)C(=O)OC(C)C)Oc3ccccc3)[C@@H](O)C2(F)F)c(=O)n1. The van der Waals surface area contributed by atoms with Crippen molar-refractivity contribution in [3.05, 3.63) is 53.1 Å². The van der Waals surface area contributed by atoms with Gasteiger partial charge in [-0.2, -0.15) is 18.9 Å². The summed E-state index contributed by atoms with van der Waals surface area (Å²) in [6.07, 6.45) is -3.24. The lowest BCUT2D eigenvalue weighted by Crippen LogP contribution is -2.42. The molecule has 250 valence electrons. The van der Waals surface area contributed by atoms with Gasteiger partial charge in [0.1, 0.15) is 23.7 Å². The number of carbonyl (C=O) groups excluding carboxylic acids is 2. The molecule has 1 aliphatic heterocycles. The highest BCUT2D eigenvalue weighted by Gasteiger charge is 2.60. The highest BCUT2D eigenvalue weighted by atomic mass is 31.2. The predicted octanol–water partition coefficient (Wildman–Crippen LogP) is 4.43. The highest BCUT2D eigenvalue weighted by molar-refractivity contribution is 7.52. The van der Waals surface area contributed by atoms with E-state index in [1.807, 2.05) is 13.8 Å². The van der Waals surface area contributed by atoms with Gasteiger partial charge in [0, 0.05) is 12.1 Å². The van der Waals surface area contributed by atoms with E-state index in [1.54, 1.807) is 32.0 Å². The number of hydrogen-bond acceptors (Lipinski definition) is 10. The zero-order valence-corrected chi connectivity index (χ0v) is 26.7. The van der Waals surface area contributed by atoms with Gasteiger partial charge in [-0.15, -0.1) is 0 Å². The van der Waals surface area contributed by atoms with Crippen LogP contribution in [0, 0.1) is 5.92 Å². The second-order valence-corrected chi connectivity index (χ2v) is 12.6. The standard InChI is InChI=1S/C29H41F2N4O9P/c1-6-11-20(12-7-2)25(37)32-23-15-16-35(28(39)33-23)27-29(30,31)24(36)22(43-27)17-41-45(40,44-21-13-9-8-10-14-21)34-19(5)26(38)42-18(3)4/h8-10,13-16,18-20,22,24,27,36H,6-7,11-12,17H2,1-5H3,(H,34,40)(H,32,33,37,39)/t19-,22-,24-,27-,45?/m1/s1. The number of hydrogen-bond donors (Lipinski definition) is 3. The molecule has 0 saturated carbocycles. The minimum absolute atomic E-state index is 0.0781. The van der Waals surface area contributed by atoms with Gasteiger partial charge in [-0.3, -0.25) is 18.7 Å². The van der Waals surface area contributed by atoms with Crippen LogP contribution in [0.2, 0.25) is 0 Å². The fourth-order valence-corrected chi connectivity index (χ4v) is 6.11. The molecule has 45 heavy (non-hydrogen) atoms. The molecule has 0 radical (unpaired) electrons. The van der Waals surface area contributed by atoms with E-state index in [4.69, 9.17) is 18.5 Å². The zero-order valence-electron chi connectivity index (χ0n) is 25.9. The zero-order chi connectivity index (χ0) is 33.4. The van der Waals surface area contributed by atoms with Crippen LogP contribution in [-0.2, 0) is 28.2 Å². The Bertz CT molecular complexity index is 1390. The number of alkyl halides is 2. The van der Waals surface area contributed by atoms with Crippen LogP contribution in [0.25, 0.3) is 0 Å². The fraction of sp³-hybridized carbons (Fsp3) is 0.586. The summed E-state index contributed by atoms with van der Waals surface area (Å²) in [5.74, 6) is -5.44. The van der Waals surface area contributed by atoms with Crippen LogP contribution in [0.4, 0.5) is 14.6 Å². The molecule has 1 unspecified atom stereocenters. The van der Waals surface area contributed by atoms with Gasteiger partial charge >= 0.3 is 25.3 Å². The Kier molecular flexibility index (Phi) is 12.8. The molecule has 1 amide bonds. The van der Waals surface area contributed by atoms with Crippen LogP contribution in [-0.4, -0.2) is 63.4 Å². The normalized spacial score (nSPS) is 21.3. The molecular formula is C29H41F2N4O9P. The molecule has 1 fully saturated rings. The number of aliphatic hydroxyl groups is 1. The molecule has 0 aliphatic carbocycles. The molecular weight excluding hydrogens is 617 g/mol. The molecule has 1 aliphatic rings. The highest BCUT2D eigenvalue weighted by Crippen LogP contribution is 2.48. The van der Waals surface area contributed by atoms with Crippen molar-refractivity contribution in [3.8, 4) is 5.75 Å². The third kappa shape index (κ3) is 9.63. The average Bonchev–Trinajstić information content (AvgIpc) is 3.19. The molecule has 5 atom stereocenters. The Morgan fingerprint density at radius 1 is 1.13 bits per heavy atom. The van der Waals surface area contributed by atoms with Crippen molar-refractivity contribution in [2.24, 2.45) is 5.92 Å². The van der Waals surface area contributed by atoms with Gasteiger partial charge in [-0.1, -0.05) is 44.9 Å². The number of nitrogens with one attached hydrogen (secondary N) is 2. The number of esters is 1. The summed E-state index contributed by atoms with van der Waals surface area (Å²) < 4.78 is 66.0. The molecule has 3 rings (SSSR count). The van der Waals surface area contributed by atoms with Gasteiger partial charge in [0.25, 0.3) is 0 Å². The van der Waals surface area contributed by atoms with Gasteiger partial charge < -0.3 is 24.4 Å². The average molecular weight is 659 g/mol. The summed E-state index contributed by atoms with van der Waals surface area (Å²) in [4.78, 5) is 41.5. The summed E-state index contributed by atoms with van der Waals surface area (Å²) >= 11 is 0. The molecule has 1 saturated heterocycles. The van der Waals surface area contributed by atoms with Crippen molar-refractivity contribution in [2.75, 3.05) is 11.9 Å². The van der Waals surface area contributed by atoms with E-state index < -0.39 is 62.5 Å². The molecule has 2 heterocycles. The molecule has 1 aromatic heterocycles. The lowest BCUT2D eigenvalue weighted by molar-refractivity contribution is -0.149. The number of aliphatic hydroxyl groups excluding tert-OH is 1. The van der Waals surface area contributed by atoms with E-state index in [0.717, 1.165) is 19.0 Å². The number of halogens is 2. The van der Waals surface area contributed by atoms with Crippen LogP contribution in [0.5, 0.6) is 5.75 Å². The molecule has 0 bridgehead atoms. The molecule has 1 aromatic carbocycles. The maximum absolute atomic E-state index is 15.2. The Labute approximate surface area is 260 Å². The van der Waals surface area contributed by atoms with Crippen LogP contribution < -0.4 is 20.6 Å². The third-order valence-corrected chi connectivity index (χ3v) is 8.44. The van der Waals surface area contributed by atoms with Gasteiger partial charge in [0.15, 0.2) is 6.10 Å². The number of benzene rings is 1. The predicted molar refractivity (Wildman–Crippen MR) is 160 cm³/mol. The minimum Gasteiger partial charge on any atom is -0.462 e.